The number of halogens is 1. The van der Waals surface area contributed by atoms with Crippen LogP contribution in [0.4, 0.5) is 0 Å². The lowest BCUT2D eigenvalue weighted by atomic mass is 9.86. The molecule has 2 unspecified atom stereocenters. The average molecular weight is 331 g/mol. The normalized spacial score (nSPS) is 35.1. The number of nitrogens with zero attached hydrogens (tertiary/aromatic N) is 1. The van der Waals surface area contributed by atoms with Gasteiger partial charge in [-0.05, 0) is 57.4 Å². The first-order valence-electron chi connectivity index (χ1n) is 8.87. The molecule has 2 heterocycles. The molecular formula is C17H31ClN2O2. The summed E-state index contributed by atoms with van der Waals surface area (Å²) in [6.07, 6.45) is 8.45. The molecule has 3 rings (SSSR count). The van der Waals surface area contributed by atoms with E-state index in [4.69, 9.17) is 4.74 Å². The molecule has 2 saturated heterocycles. The predicted octanol–water partition coefficient (Wildman–Crippen LogP) is 2.60. The van der Waals surface area contributed by atoms with Crippen molar-refractivity contribution in [1.82, 2.24) is 10.2 Å². The first kappa shape index (κ1) is 18.0. The van der Waals surface area contributed by atoms with Gasteiger partial charge in [0, 0.05) is 25.7 Å². The molecule has 128 valence electrons. The predicted molar refractivity (Wildman–Crippen MR) is 90.3 cm³/mol. The van der Waals surface area contributed by atoms with Crippen molar-refractivity contribution in [3.63, 3.8) is 0 Å². The monoisotopic (exact) mass is 330 g/mol. The summed E-state index contributed by atoms with van der Waals surface area (Å²) in [6.45, 7) is 5.90. The van der Waals surface area contributed by atoms with Gasteiger partial charge in [-0.1, -0.05) is 6.92 Å². The molecule has 0 spiro atoms. The fourth-order valence-electron chi connectivity index (χ4n) is 4.08. The molecule has 1 saturated carbocycles. The molecular weight excluding hydrogens is 300 g/mol. The van der Waals surface area contributed by atoms with Crippen molar-refractivity contribution >= 4 is 18.3 Å². The van der Waals surface area contributed by atoms with Crippen LogP contribution in [0.2, 0.25) is 0 Å². The third-order valence-electron chi connectivity index (χ3n) is 5.54. The van der Waals surface area contributed by atoms with Crippen molar-refractivity contribution in [2.75, 3.05) is 26.2 Å². The van der Waals surface area contributed by atoms with Crippen LogP contribution in [0, 0.1) is 11.8 Å². The van der Waals surface area contributed by atoms with Crippen LogP contribution in [0.1, 0.15) is 51.9 Å². The van der Waals surface area contributed by atoms with Gasteiger partial charge < -0.3 is 15.0 Å². The Bertz CT molecular complexity index is 347. The Morgan fingerprint density at radius 3 is 2.55 bits per heavy atom. The fraction of sp³-hybridized carbons (Fsp3) is 0.941. The van der Waals surface area contributed by atoms with Gasteiger partial charge in [0.25, 0.3) is 0 Å². The van der Waals surface area contributed by atoms with Crippen LogP contribution < -0.4 is 5.32 Å². The topological polar surface area (TPSA) is 41.6 Å². The van der Waals surface area contributed by atoms with Gasteiger partial charge >= 0.3 is 0 Å². The summed E-state index contributed by atoms with van der Waals surface area (Å²) in [6, 6.07) is 0.457. The maximum Gasteiger partial charge on any atom is 0.227 e. The van der Waals surface area contributed by atoms with E-state index in [1.165, 1.54) is 25.7 Å². The molecule has 5 heteroatoms. The van der Waals surface area contributed by atoms with E-state index in [0.717, 1.165) is 51.4 Å². The SMILES string of the molecule is CC1CCC(N(CC2CCCO2)C(=O)C2CCNC2)CC1.Cl. The molecule has 0 aromatic rings. The van der Waals surface area contributed by atoms with Crippen molar-refractivity contribution in [3.05, 3.63) is 0 Å². The molecule has 0 radical (unpaired) electrons. The number of ether oxygens (including phenoxy) is 1. The first-order valence-corrected chi connectivity index (χ1v) is 8.87. The molecule has 4 nitrogen and oxygen atoms in total. The van der Waals surface area contributed by atoms with Crippen LogP contribution in [-0.4, -0.2) is 49.2 Å². The molecule has 3 fully saturated rings. The van der Waals surface area contributed by atoms with Crippen LogP contribution in [0.25, 0.3) is 0 Å². The lowest BCUT2D eigenvalue weighted by Crippen LogP contribution is -2.48. The van der Waals surface area contributed by atoms with Gasteiger partial charge in [-0.2, -0.15) is 0 Å². The Labute approximate surface area is 140 Å². The molecule has 2 aliphatic heterocycles. The molecule has 0 aromatic heterocycles. The van der Waals surface area contributed by atoms with E-state index < -0.39 is 0 Å². The summed E-state index contributed by atoms with van der Waals surface area (Å²) in [5.74, 6) is 1.41. The van der Waals surface area contributed by atoms with Crippen molar-refractivity contribution in [3.8, 4) is 0 Å². The van der Waals surface area contributed by atoms with E-state index in [-0.39, 0.29) is 24.4 Å². The van der Waals surface area contributed by atoms with E-state index in [0.29, 0.717) is 11.9 Å². The highest BCUT2D eigenvalue weighted by Crippen LogP contribution is 2.29. The van der Waals surface area contributed by atoms with Gasteiger partial charge in [0.2, 0.25) is 5.91 Å². The molecule has 1 aliphatic carbocycles. The van der Waals surface area contributed by atoms with Gasteiger partial charge in [-0.25, -0.2) is 0 Å². The lowest BCUT2D eigenvalue weighted by Gasteiger charge is -2.38. The third kappa shape index (κ3) is 4.36. The zero-order chi connectivity index (χ0) is 14.7. The Balaban J connectivity index is 0.00000176. The maximum absolute atomic E-state index is 12.9. The second kappa shape index (κ2) is 8.51. The zero-order valence-corrected chi connectivity index (χ0v) is 14.6. The van der Waals surface area contributed by atoms with E-state index >= 15 is 0 Å². The Kier molecular flexibility index (Phi) is 6.97. The highest BCUT2D eigenvalue weighted by atomic mass is 35.5. The molecule has 1 N–H and O–H groups in total. The van der Waals surface area contributed by atoms with E-state index in [2.05, 4.69) is 17.1 Å². The standard InChI is InChI=1S/C17H30N2O2.ClH/c1-13-4-6-15(7-5-13)19(12-16-3-2-10-21-16)17(20)14-8-9-18-11-14;/h13-16,18H,2-12H2,1H3;1H. The molecule has 1 amide bonds. The quantitative estimate of drug-likeness (QED) is 0.861. The Morgan fingerprint density at radius 2 is 1.95 bits per heavy atom. The summed E-state index contributed by atoms with van der Waals surface area (Å²) in [4.78, 5) is 15.2. The minimum absolute atomic E-state index is 0. The van der Waals surface area contributed by atoms with Crippen molar-refractivity contribution < 1.29 is 9.53 Å². The van der Waals surface area contributed by atoms with Crippen molar-refractivity contribution in [1.29, 1.82) is 0 Å². The van der Waals surface area contributed by atoms with Gasteiger partial charge in [0.05, 0.1) is 12.0 Å². The van der Waals surface area contributed by atoms with Gasteiger partial charge in [-0.3, -0.25) is 4.79 Å². The van der Waals surface area contributed by atoms with Crippen LogP contribution in [0.15, 0.2) is 0 Å². The summed E-state index contributed by atoms with van der Waals surface area (Å²) in [7, 11) is 0. The van der Waals surface area contributed by atoms with Gasteiger partial charge in [-0.15, -0.1) is 12.4 Å². The minimum Gasteiger partial charge on any atom is -0.376 e. The van der Waals surface area contributed by atoms with Crippen molar-refractivity contribution in [2.24, 2.45) is 11.8 Å². The number of hydrogen-bond acceptors (Lipinski definition) is 3. The molecule has 22 heavy (non-hydrogen) atoms. The van der Waals surface area contributed by atoms with Crippen LogP contribution in [-0.2, 0) is 9.53 Å². The second-order valence-electron chi connectivity index (χ2n) is 7.23. The zero-order valence-electron chi connectivity index (χ0n) is 13.8. The van der Waals surface area contributed by atoms with E-state index in [1.54, 1.807) is 0 Å². The number of hydrogen-bond donors (Lipinski definition) is 1. The first-order chi connectivity index (χ1) is 10.2. The molecule has 0 bridgehead atoms. The van der Waals surface area contributed by atoms with E-state index in [9.17, 15) is 4.79 Å². The summed E-state index contributed by atoms with van der Waals surface area (Å²) in [5.41, 5.74) is 0. The lowest BCUT2D eigenvalue weighted by molar-refractivity contribution is -0.140. The van der Waals surface area contributed by atoms with Crippen LogP contribution >= 0.6 is 12.4 Å². The van der Waals surface area contributed by atoms with Crippen LogP contribution in [0.3, 0.4) is 0 Å². The summed E-state index contributed by atoms with van der Waals surface area (Å²) in [5, 5.41) is 3.33. The number of carbonyl (C=O) groups excluding carboxylic acids is 1. The largest absolute Gasteiger partial charge is 0.376 e. The van der Waals surface area contributed by atoms with E-state index in [1.807, 2.05) is 0 Å². The summed E-state index contributed by atoms with van der Waals surface area (Å²) >= 11 is 0. The third-order valence-corrected chi connectivity index (χ3v) is 5.54. The summed E-state index contributed by atoms with van der Waals surface area (Å²) < 4.78 is 5.80. The Morgan fingerprint density at radius 1 is 1.18 bits per heavy atom. The van der Waals surface area contributed by atoms with Crippen molar-refractivity contribution in [2.45, 2.75) is 64.0 Å². The average Bonchev–Trinajstić information content (AvgIpc) is 3.18. The smallest absolute Gasteiger partial charge is 0.227 e. The minimum atomic E-state index is 0. The highest BCUT2D eigenvalue weighted by molar-refractivity contribution is 5.85. The molecule has 0 aromatic carbocycles. The van der Waals surface area contributed by atoms with Crippen LogP contribution in [0.5, 0.6) is 0 Å². The highest BCUT2D eigenvalue weighted by Gasteiger charge is 2.35. The second-order valence-corrected chi connectivity index (χ2v) is 7.23. The number of rotatable bonds is 4. The number of nitrogens with one attached hydrogen (secondary N) is 1. The van der Waals surface area contributed by atoms with Gasteiger partial charge in [0.1, 0.15) is 0 Å². The maximum atomic E-state index is 12.9. The number of amides is 1. The fourth-order valence-corrected chi connectivity index (χ4v) is 4.08. The molecule has 2 atom stereocenters. The van der Waals surface area contributed by atoms with Gasteiger partial charge in [0.15, 0.2) is 0 Å². The Hall–Kier alpha value is -0.320. The number of carbonyl (C=O) groups is 1. The molecule has 3 aliphatic rings.